The molecule has 12 heteroatoms. The Morgan fingerprint density at radius 3 is 2.31 bits per heavy atom. The first-order valence-corrected chi connectivity index (χ1v) is 11.6. The van der Waals surface area contributed by atoms with Gasteiger partial charge in [-0.3, -0.25) is 9.88 Å². The highest BCUT2D eigenvalue weighted by molar-refractivity contribution is 5.90. The summed E-state index contributed by atoms with van der Waals surface area (Å²) in [5.41, 5.74) is 3.97. The molecule has 1 aliphatic rings. The van der Waals surface area contributed by atoms with Gasteiger partial charge in [-0.1, -0.05) is 18.2 Å². The molecule has 9 nitrogen and oxygen atoms in total. The zero-order chi connectivity index (χ0) is 23.7. The van der Waals surface area contributed by atoms with Crippen molar-refractivity contribution < 1.29 is 24.8 Å². The lowest BCUT2D eigenvalue weighted by Gasteiger charge is -2.36. The summed E-state index contributed by atoms with van der Waals surface area (Å²) < 4.78 is 17.0. The number of para-hydroxylation sites is 1. The van der Waals surface area contributed by atoms with Crippen molar-refractivity contribution in [2.75, 3.05) is 51.3 Å². The lowest BCUT2D eigenvalue weighted by molar-refractivity contribution is 0.197. The van der Waals surface area contributed by atoms with E-state index in [0.29, 0.717) is 29.3 Å². The molecule has 0 amide bonds. The van der Waals surface area contributed by atoms with Gasteiger partial charge < -0.3 is 29.7 Å². The maximum absolute atomic E-state index is 12.0. The molecule has 0 atom stereocenters. The molecule has 5 rings (SSSR count). The molecule has 4 N–H and O–H groups in total. The van der Waals surface area contributed by atoms with E-state index in [4.69, 9.17) is 13.9 Å². The van der Waals surface area contributed by atoms with Gasteiger partial charge >= 0.3 is 5.63 Å². The first-order chi connectivity index (χ1) is 16.5. The third-order valence-electron chi connectivity index (χ3n) is 6.73. The lowest BCUT2D eigenvalue weighted by Crippen LogP contribution is -2.47. The Kier molecular flexibility index (Phi) is 14.6. The minimum Gasteiger partial charge on any atom is -0.493 e. The van der Waals surface area contributed by atoms with Crippen molar-refractivity contribution in [3.8, 4) is 11.5 Å². The zero-order valence-corrected chi connectivity index (χ0v) is 24.5. The van der Waals surface area contributed by atoms with E-state index >= 15 is 0 Å². The Balaban J connectivity index is 0.00000289. The number of benzene rings is 2. The van der Waals surface area contributed by atoms with Crippen LogP contribution in [0.4, 0.5) is 5.69 Å². The molecular weight excluding hydrogens is 569 g/mol. The summed E-state index contributed by atoms with van der Waals surface area (Å²) in [6, 6.07) is 14.1. The fourth-order valence-corrected chi connectivity index (χ4v) is 4.56. The van der Waals surface area contributed by atoms with Crippen molar-refractivity contribution in [1.82, 2.24) is 9.88 Å². The predicted octanol–water partition coefficient (Wildman–Crippen LogP) is 3.78. The number of rotatable bonds is 6. The van der Waals surface area contributed by atoms with Crippen molar-refractivity contribution in [3.05, 3.63) is 70.2 Å². The number of hydrogen-bond acceptors (Lipinski definition) is 7. The first-order valence-electron chi connectivity index (χ1n) is 11.6. The quantitative estimate of drug-likeness (QED) is 0.306. The molecule has 0 aliphatic carbocycles. The number of piperazine rings is 1. The number of hydrogen-bond donors (Lipinski definition) is 0. The third-order valence-corrected chi connectivity index (χ3v) is 6.73. The van der Waals surface area contributed by atoms with Crippen LogP contribution in [-0.4, -0.2) is 67.3 Å². The van der Waals surface area contributed by atoms with Gasteiger partial charge in [0.25, 0.3) is 0 Å². The van der Waals surface area contributed by atoms with Crippen LogP contribution >= 0.6 is 37.2 Å². The van der Waals surface area contributed by atoms with Crippen LogP contribution in [0.15, 0.2) is 57.9 Å². The normalized spacial score (nSPS) is 12.7. The van der Waals surface area contributed by atoms with Gasteiger partial charge in [-0.05, 0) is 37.6 Å². The highest BCUT2D eigenvalue weighted by Crippen LogP contribution is 2.34. The average Bonchev–Trinajstić information content (AvgIpc) is 2.87. The average molecular weight is 605 g/mol. The predicted molar refractivity (Wildman–Crippen MR) is 163 cm³/mol. The Labute approximate surface area is 245 Å². The van der Waals surface area contributed by atoms with Gasteiger partial charge in [0.15, 0.2) is 11.5 Å². The number of aromatic nitrogens is 1. The molecule has 0 bridgehead atoms. The molecule has 1 aliphatic heterocycles. The van der Waals surface area contributed by atoms with Gasteiger partial charge in [0.1, 0.15) is 12.2 Å². The molecule has 216 valence electrons. The van der Waals surface area contributed by atoms with Crippen molar-refractivity contribution in [2.24, 2.45) is 0 Å². The van der Waals surface area contributed by atoms with E-state index in [2.05, 4.69) is 39.0 Å². The molecule has 0 spiro atoms. The Morgan fingerprint density at radius 1 is 0.923 bits per heavy atom. The van der Waals surface area contributed by atoms with E-state index < -0.39 is 0 Å². The number of methoxy groups -OCH3 is 1. The van der Waals surface area contributed by atoms with Gasteiger partial charge in [-0.2, -0.15) is 0 Å². The highest BCUT2D eigenvalue weighted by Gasteiger charge is 2.19. The number of fused-ring (bicyclic) bond motifs is 2. The van der Waals surface area contributed by atoms with Crippen LogP contribution in [0.3, 0.4) is 0 Å². The number of ether oxygens (including phenoxy) is 2. The smallest absolute Gasteiger partial charge is 0.339 e. The molecule has 4 aromatic rings. The molecule has 2 aromatic heterocycles. The largest absolute Gasteiger partial charge is 0.493 e. The van der Waals surface area contributed by atoms with Crippen LogP contribution in [-0.2, 0) is 0 Å². The Hall–Kier alpha value is -2.79. The van der Waals surface area contributed by atoms with Crippen molar-refractivity contribution in [1.29, 1.82) is 0 Å². The molecule has 2 aromatic carbocycles. The number of nitrogens with zero attached hydrogens (tertiary/aromatic N) is 3. The van der Waals surface area contributed by atoms with Crippen LogP contribution in [0.25, 0.3) is 21.9 Å². The standard InChI is InChI=1S/C27H29N3O4.3ClH.2H2O/c1-18-19(2)27(31)34-23-17-24(32-3)25(16-21(18)23)33-15-14-29-10-12-30(13-11-29)22-8-4-6-20-7-5-9-28-26(20)22;;;;;/h4-9,16-17H,10-15H2,1-3H3;3*1H;2*1H2. The second-order valence-corrected chi connectivity index (χ2v) is 8.67. The SMILES string of the molecule is COc1cc2oc(=O)c(C)c(C)c2cc1OCCN1CCN(c2cccc3cccnc23)CC1.Cl.Cl.Cl.O.O. The molecule has 1 fully saturated rings. The summed E-state index contributed by atoms with van der Waals surface area (Å²) in [5, 5.41) is 2.04. The molecule has 0 unspecified atom stereocenters. The van der Waals surface area contributed by atoms with Gasteiger partial charge in [-0.25, -0.2) is 4.79 Å². The van der Waals surface area contributed by atoms with Gasteiger partial charge in [-0.15, -0.1) is 37.2 Å². The molecule has 3 heterocycles. The maximum Gasteiger partial charge on any atom is 0.339 e. The van der Waals surface area contributed by atoms with Gasteiger partial charge in [0.2, 0.25) is 0 Å². The fourth-order valence-electron chi connectivity index (χ4n) is 4.56. The molecule has 39 heavy (non-hydrogen) atoms. The topological polar surface area (TPSA) is 131 Å². The summed E-state index contributed by atoms with van der Waals surface area (Å²) >= 11 is 0. The van der Waals surface area contributed by atoms with E-state index in [9.17, 15) is 4.79 Å². The molecular formula is C27H36Cl3N3O6. The Bertz CT molecular complexity index is 1410. The van der Waals surface area contributed by atoms with E-state index in [0.717, 1.165) is 49.2 Å². The molecule has 0 saturated carbocycles. The van der Waals surface area contributed by atoms with Crippen LogP contribution in [0.1, 0.15) is 11.1 Å². The van der Waals surface area contributed by atoms with Crippen molar-refractivity contribution in [2.45, 2.75) is 13.8 Å². The molecule has 0 radical (unpaired) electrons. The van der Waals surface area contributed by atoms with Crippen molar-refractivity contribution >= 4 is 64.8 Å². The zero-order valence-electron chi connectivity index (χ0n) is 22.1. The minimum absolute atomic E-state index is 0. The number of aryl methyl sites for hydroxylation is 1. The fraction of sp³-hybridized carbons (Fsp3) is 0.333. The minimum atomic E-state index is -0.320. The van der Waals surface area contributed by atoms with E-state index in [-0.39, 0.29) is 53.8 Å². The Morgan fingerprint density at radius 2 is 1.62 bits per heavy atom. The lowest BCUT2D eigenvalue weighted by atomic mass is 10.1. The summed E-state index contributed by atoms with van der Waals surface area (Å²) in [4.78, 5) is 21.4. The van der Waals surface area contributed by atoms with Crippen LogP contribution in [0, 0.1) is 13.8 Å². The number of anilines is 1. The first kappa shape index (κ1) is 36.2. The monoisotopic (exact) mass is 603 g/mol. The number of pyridine rings is 1. The second-order valence-electron chi connectivity index (χ2n) is 8.67. The molecule has 1 saturated heterocycles. The van der Waals surface area contributed by atoms with Crippen molar-refractivity contribution in [3.63, 3.8) is 0 Å². The van der Waals surface area contributed by atoms with Crippen LogP contribution in [0.2, 0.25) is 0 Å². The second kappa shape index (κ2) is 15.7. The van der Waals surface area contributed by atoms with E-state index in [1.807, 2.05) is 25.3 Å². The number of halogens is 3. The van der Waals surface area contributed by atoms with Crippen LogP contribution < -0.4 is 20.0 Å². The summed E-state index contributed by atoms with van der Waals surface area (Å²) in [6.45, 7) is 8.90. The highest BCUT2D eigenvalue weighted by atomic mass is 35.5. The van der Waals surface area contributed by atoms with Gasteiger partial charge in [0, 0.05) is 61.3 Å². The summed E-state index contributed by atoms with van der Waals surface area (Å²) in [7, 11) is 1.59. The maximum atomic E-state index is 12.0. The van der Waals surface area contributed by atoms with E-state index in [1.54, 1.807) is 20.1 Å². The van der Waals surface area contributed by atoms with E-state index in [1.165, 1.54) is 11.1 Å². The third kappa shape index (κ3) is 7.45. The van der Waals surface area contributed by atoms with Crippen LogP contribution in [0.5, 0.6) is 11.5 Å². The van der Waals surface area contributed by atoms with Gasteiger partial charge in [0.05, 0.1) is 18.3 Å². The summed E-state index contributed by atoms with van der Waals surface area (Å²) in [6.07, 6.45) is 1.86. The summed E-state index contributed by atoms with van der Waals surface area (Å²) in [5.74, 6) is 1.22.